The number of anilines is 4. The number of nitrogens with zero attached hydrogens (tertiary/aromatic N) is 4. The Kier molecular flexibility index (Phi) is 20.7. The van der Waals surface area contributed by atoms with Crippen LogP contribution in [-0.2, 0) is 4.74 Å². The molecule has 0 aliphatic heterocycles. The predicted molar refractivity (Wildman–Crippen MR) is 261 cm³/mol. The summed E-state index contributed by atoms with van der Waals surface area (Å²) in [6, 6.07) is 33.1. The quantitative estimate of drug-likeness (QED) is 0.0569. The van der Waals surface area contributed by atoms with Crippen molar-refractivity contribution >= 4 is 22.7 Å². The Morgan fingerprint density at radius 3 is 0.966 bits per heavy atom. The monoisotopic (exact) mass is 803 g/mol. The van der Waals surface area contributed by atoms with Crippen LogP contribution in [0.25, 0.3) is 0 Å². The van der Waals surface area contributed by atoms with Gasteiger partial charge in [0.15, 0.2) is 0 Å². The first-order valence-electron chi connectivity index (χ1n) is 23.7. The standard InChI is InChI=1S/C54H82N4O/c1-11-19-35-57(36-20-12-2)49-31-33-51(43(9)39-49)53(45-23-27-47(28-24-45)55(15-5)16-6)41-59-42-54(46-25-29-48(30-26-46)56(17-7)18-8)52-34-32-50(40-44(52)10)58(37-21-13-3)38-22-14-4/h23-34,39-40,53-54H,11-22,35-38,41-42H2,1-10H3. The zero-order valence-electron chi connectivity index (χ0n) is 39.2. The normalized spacial score (nSPS) is 12.4. The van der Waals surface area contributed by atoms with Crippen molar-refractivity contribution in [2.75, 3.05) is 85.2 Å². The maximum Gasteiger partial charge on any atom is 0.0576 e. The summed E-state index contributed by atoms with van der Waals surface area (Å²) in [5.41, 5.74) is 13.3. The summed E-state index contributed by atoms with van der Waals surface area (Å²) in [6.45, 7) is 32.4. The van der Waals surface area contributed by atoms with Crippen molar-refractivity contribution in [3.63, 3.8) is 0 Å². The first kappa shape index (κ1) is 47.7. The smallest absolute Gasteiger partial charge is 0.0576 e. The van der Waals surface area contributed by atoms with E-state index >= 15 is 0 Å². The van der Waals surface area contributed by atoms with Crippen LogP contribution in [0.4, 0.5) is 22.7 Å². The fourth-order valence-electron chi connectivity index (χ4n) is 8.68. The molecule has 0 aliphatic carbocycles. The number of benzene rings is 4. The minimum Gasteiger partial charge on any atom is -0.379 e. The second-order valence-electron chi connectivity index (χ2n) is 16.6. The molecule has 4 rings (SSSR count). The Labute approximate surface area is 362 Å². The molecule has 0 amide bonds. The number of unbranched alkanes of at least 4 members (excludes halogenated alkanes) is 4. The van der Waals surface area contributed by atoms with Crippen LogP contribution < -0.4 is 19.6 Å². The highest BCUT2D eigenvalue weighted by Gasteiger charge is 2.23. The van der Waals surface area contributed by atoms with E-state index in [9.17, 15) is 0 Å². The summed E-state index contributed by atoms with van der Waals surface area (Å²) >= 11 is 0. The van der Waals surface area contributed by atoms with E-state index in [0.717, 1.165) is 52.4 Å². The van der Waals surface area contributed by atoms with Crippen molar-refractivity contribution in [1.29, 1.82) is 0 Å². The van der Waals surface area contributed by atoms with E-state index in [1.54, 1.807) is 0 Å². The van der Waals surface area contributed by atoms with Crippen LogP contribution in [0.5, 0.6) is 0 Å². The average molecular weight is 803 g/mol. The topological polar surface area (TPSA) is 22.2 Å². The molecule has 324 valence electrons. The van der Waals surface area contributed by atoms with E-state index in [-0.39, 0.29) is 11.8 Å². The molecule has 4 aromatic carbocycles. The maximum absolute atomic E-state index is 7.05. The zero-order valence-corrected chi connectivity index (χ0v) is 39.2. The summed E-state index contributed by atoms with van der Waals surface area (Å²) in [4.78, 5) is 10.1. The molecule has 5 nitrogen and oxygen atoms in total. The van der Waals surface area contributed by atoms with Crippen molar-refractivity contribution in [2.45, 2.75) is 132 Å². The SMILES string of the molecule is CCCCN(CCCC)c1ccc(C(COCC(c2ccc(N(CC)CC)cc2)c2ccc(N(CCCC)CCCC)cc2C)c2ccc(N(CC)CC)cc2)c(C)c1. The molecular formula is C54H82N4O. The first-order chi connectivity index (χ1) is 28.8. The second kappa shape index (κ2) is 25.6. The lowest BCUT2D eigenvalue weighted by atomic mass is 9.87. The Balaban J connectivity index is 1.72. The summed E-state index contributed by atoms with van der Waals surface area (Å²) < 4.78 is 7.05. The van der Waals surface area contributed by atoms with Gasteiger partial charge in [0.25, 0.3) is 0 Å². The molecule has 0 fully saturated rings. The molecule has 0 heterocycles. The van der Waals surface area contributed by atoms with Gasteiger partial charge in [0.1, 0.15) is 0 Å². The molecule has 2 unspecified atom stereocenters. The van der Waals surface area contributed by atoms with Gasteiger partial charge in [-0.05, 0) is 149 Å². The highest BCUT2D eigenvalue weighted by atomic mass is 16.5. The van der Waals surface area contributed by atoms with Crippen LogP contribution in [0, 0.1) is 13.8 Å². The largest absolute Gasteiger partial charge is 0.379 e. The number of hydrogen-bond acceptors (Lipinski definition) is 5. The molecular weight excluding hydrogens is 721 g/mol. The number of ether oxygens (including phenoxy) is 1. The molecule has 0 N–H and O–H groups in total. The van der Waals surface area contributed by atoms with E-state index < -0.39 is 0 Å². The molecule has 0 bridgehead atoms. The van der Waals surface area contributed by atoms with Crippen LogP contribution in [0.2, 0.25) is 0 Å². The number of rotatable bonds is 28. The third kappa shape index (κ3) is 13.5. The lowest BCUT2D eigenvalue weighted by Crippen LogP contribution is -2.26. The highest BCUT2D eigenvalue weighted by Crippen LogP contribution is 2.35. The molecule has 4 aromatic rings. The van der Waals surface area contributed by atoms with Gasteiger partial charge in [-0.15, -0.1) is 0 Å². The van der Waals surface area contributed by atoms with E-state index in [4.69, 9.17) is 4.74 Å². The molecule has 0 aromatic heterocycles. The molecule has 0 spiro atoms. The molecule has 0 saturated heterocycles. The van der Waals surface area contributed by atoms with Gasteiger partial charge in [0.2, 0.25) is 0 Å². The van der Waals surface area contributed by atoms with Crippen LogP contribution in [-0.4, -0.2) is 65.6 Å². The van der Waals surface area contributed by atoms with E-state index in [0.29, 0.717) is 13.2 Å². The predicted octanol–water partition coefficient (Wildman–Crippen LogP) is 13.8. The van der Waals surface area contributed by atoms with Gasteiger partial charge in [-0.25, -0.2) is 0 Å². The van der Waals surface area contributed by atoms with Gasteiger partial charge >= 0.3 is 0 Å². The summed E-state index contributed by atoms with van der Waals surface area (Å²) in [5.74, 6) is 0.240. The van der Waals surface area contributed by atoms with Crippen molar-refractivity contribution in [3.05, 3.63) is 118 Å². The Morgan fingerprint density at radius 1 is 0.390 bits per heavy atom. The lowest BCUT2D eigenvalue weighted by Gasteiger charge is -2.29. The van der Waals surface area contributed by atoms with Crippen molar-refractivity contribution in [3.8, 4) is 0 Å². The highest BCUT2D eigenvalue weighted by molar-refractivity contribution is 5.56. The Morgan fingerprint density at radius 2 is 0.695 bits per heavy atom. The van der Waals surface area contributed by atoms with Gasteiger partial charge in [0, 0.05) is 86.9 Å². The molecule has 5 heteroatoms. The van der Waals surface area contributed by atoms with Crippen LogP contribution in [0.3, 0.4) is 0 Å². The minimum absolute atomic E-state index is 0.120. The van der Waals surface area contributed by atoms with E-state index in [1.807, 2.05) is 0 Å². The number of aryl methyl sites for hydroxylation is 2. The zero-order chi connectivity index (χ0) is 42.6. The minimum atomic E-state index is 0.120. The Hall–Kier alpha value is -3.96. The molecule has 0 saturated carbocycles. The second-order valence-corrected chi connectivity index (χ2v) is 16.6. The van der Waals surface area contributed by atoms with Crippen molar-refractivity contribution in [2.24, 2.45) is 0 Å². The third-order valence-electron chi connectivity index (χ3n) is 12.5. The van der Waals surface area contributed by atoms with Gasteiger partial charge in [-0.2, -0.15) is 0 Å². The summed E-state index contributed by atoms with van der Waals surface area (Å²) in [7, 11) is 0. The fourth-order valence-corrected chi connectivity index (χ4v) is 8.68. The first-order valence-corrected chi connectivity index (χ1v) is 23.7. The lowest BCUT2D eigenvalue weighted by molar-refractivity contribution is 0.120. The Bertz CT molecular complexity index is 1600. The van der Waals surface area contributed by atoms with Crippen LogP contribution >= 0.6 is 0 Å². The molecule has 2 atom stereocenters. The molecule has 59 heavy (non-hydrogen) atoms. The summed E-state index contributed by atoms with van der Waals surface area (Å²) in [6.07, 6.45) is 9.73. The van der Waals surface area contributed by atoms with Crippen molar-refractivity contribution in [1.82, 2.24) is 0 Å². The number of hydrogen-bond donors (Lipinski definition) is 0. The average Bonchev–Trinajstić information content (AvgIpc) is 3.26. The van der Waals surface area contributed by atoms with Gasteiger partial charge < -0.3 is 24.3 Å². The molecule has 0 aliphatic rings. The van der Waals surface area contributed by atoms with Gasteiger partial charge in [-0.1, -0.05) is 89.8 Å². The van der Waals surface area contributed by atoms with E-state index in [2.05, 4.69) is 174 Å². The van der Waals surface area contributed by atoms with Gasteiger partial charge in [-0.3, -0.25) is 0 Å². The van der Waals surface area contributed by atoms with Gasteiger partial charge in [0.05, 0.1) is 13.2 Å². The summed E-state index contributed by atoms with van der Waals surface area (Å²) in [5, 5.41) is 0. The van der Waals surface area contributed by atoms with Crippen LogP contribution in [0.15, 0.2) is 84.9 Å². The molecule has 0 radical (unpaired) electrons. The van der Waals surface area contributed by atoms with E-state index in [1.165, 1.54) is 107 Å². The van der Waals surface area contributed by atoms with Crippen molar-refractivity contribution < 1.29 is 4.74 Å². The fraction of sp³-hybridized carbons (Fsp3) is 0.556. The third-order valence-corrected chi connectivity index (χ3v) is 12.5. The van der Waals surface area contributed by atoms with Crippen LogP contribution in [0.1, 0.15) is 152 Å². The maximum atomic E-state index is 7.05.